The van der Waals surface area contributed by atoms with Crippen molar-refractivity contribution >= 4 is 33.3 Å². The van der Waals surface area contributed by atoms with Gasteiger partial charge in [0.25, 0.3) is 15.9 Å². The normalized spacial score (nSPS) is 10.9. The highest BCUT2D eigenvalue weighted by atomic mass is 32.2. The number of hydrogen-bond donors (Lipinski definition) is 2. The highest BCUT2D eigenvalue weighted by Gasteiger charge is 2.19. The molecule has 0 atom stereocenters. The van der Waals surface area contributed by atoms with Gasteiger partial charge in [0.1, 0.15) is 5.75 Å². The molecule has 0 radical (unpaired) electrons. The summed E-state index contributed by atoms with van der Waals surface area (Å²) in [5, 5.41) is 2.71. The molecule has 0 aliphatic heterocycles. The number of benzene rings is 3. The van der Waals surface area contributed by atoms with Crippen LogP contribution in [0.3, 0.4) is 0 Å². The number of anilines is 2. The number of nitrogens with one attached hydrogen (secondary N) is 2. The Balaban J connectivity index is 1.87. The number of sulfonamides is 1. The fraction of sp³-hybridized carbons (Fsp3) is 0.167. The molecule has 0 heterocycles. The number of esters is 1. The van der Waals surface area contributed by atoms with E-state index in [1.54, 1.807) is 37.3 Å². The number of carbonyl (C=O) groups excluding carboxylic acids is 2. The maximum Gasteiger partial charge on any atom is 0.338 e. The standard InChI is InChI=1S/C24H24N2O6S/c1-15-12-18(14-20(16(15)2)24(28)32-4)25-23(27)17-8-7-9-19(13-17)33(29,30)26-21-10-5-6-11-22(21)31-3/h5-14,26H,1-4H3,(H,25,27). The topological polar surface area (TPSA) is 111 Å². The second-order valence-electron chi connectivity index (χ2n) is 7.25. The van der Waals surface area contributed by atoms with Gasteiger partial charge < -0.3 is 14.8 Å². The first kappa shape index (κ1) is 23.8. The molecule has 0 unspecified atom stereocenters. The highest BCUT2D eigenvalue weighted by molar-refractivity contribution is 7.92. The Bertz CT molecular complexity index is 1320. The quantitative estimate of drug-likeness (QED) is 0.504. The van der Waals surface area contributed by atoms with Crippen LogP contribution in [0.5, 0.6) is 5.75 Å². The first-order valence-corrected chi connectivity index (χ1v) is 11.4. The lowest BCUT2D eigenvalue weighted by Crippen LogP contribution is -2.17. The van der Waals surface area contributed by atoms with Crippen LogP contribution < -0.4 is 14.8 Å². The smallest absolute Gasteiger partial charge is 0.338 e. The lowest BCUT2D eigenvalue weighted by molar-refractivity contribution is 0.0599. The van der Waals surface area contributed by atoms with Crippen LogP contribution in [-0.2, 0) is 14.8 Å². The van der Waals surface area contributed by atoms with Crippen LogP contribution in [-0.4, -0.2) is 34.5 Å². The van der Waals surface area contributed by atoms with Crippen molar-refractivity contribution in [3.05, 3.63) is 82.9 Å². The Morgan fingerprint density at radius 3 is 2.33 bits per heavy atom. The van der Waals surface area contributed by atoms with Crippen LogP contribution in [0, 0.1) is 13.8 Å². The highest BCUT2D eigenvalue weighted by Crippen LogP contribution is 2.27. The van der Waals surface area contributed by atoms with Crippen molar-refractivity contribution in [1.82, 2.24) is 0 Å². The van der Waals surface area contributed by atoms with E-state index in [2.05, 4.69) is 10.0 Å². The molecule has 0 bridgehead atoms. The summed E-state index contributed by atoms with van der Waals surface area (Å²) in [7, 11) is -1.25. The van der Waals surface area contributed by atoms with Gasteiger partial charge in [0, 0.05) is 11.3 Å². The molecule has 3 rings (SSSR count). The van der Waals surface area contributed by atoms with Crippen molar-refractivity contribution in [3.8, 4) is 5.75 Å². The third-order valence-electron chi connectivity index (χ3n) is 5.09. The van der Waals surface area contributed by atoms with Crippen molar-refractivity contribution in [2.24, 2.45) is 0 Å². The van der Waals surface area contributed by atoms with E-state index in [0.717, 1.165) is 11.1 Å². The summed E-state index contributed by atoms with van der Waals surface area (Å²) in [6.07, 6.45) is 0. The second kappa shape index (κ2) is 9.74. The Morgan fingerprint density at radius 2 is 1.64 bits per heavy atom. The molecule has 0 spiro atoms. The maximum absolute atomic E-state index is 12.9. The van der Waals surface area contributed by atoms with E-state index in [1.807, 2.05) is 6.92 Å². The van der Waals surface area contributed by atoms with Crippen LogP contribution in [0.1, 0.15) is 31.8 Å². The monoisotopic (exact) mass is 468 g/mol. The average molecular weight is 469 g/mol. The number of methoxy groups -OCH3 is 2. The van der Waals surface area contributed by atoms with Crippen molar-refractivity contribution in [2.45, 2.75) is 18.7 Å². The summed E-state index contributed by atoms with van der Waals surface area (Å²) in [5.41, 5.74) is 2.69. The summed E-state index contributed by atoms with van der Waals surface area (Å²) in [6.45, 7) is 3.60. The first-order valence-electron chi connectivity index (χ1n) is 9.93. The zero-order valence-electron chi connectivity index (χ0n) is 18.6. The van der Waals surface area contributed by atoms with Crippen molar-refractivity contribution in [2.75, 3.05) is 24.3 Å². The number of rotatable bonds is 7. The van der Waals surface area contributed by atoms with Gasteiger partial charge in [-0.15, -0.1) is 0 Å². The zero-order chi connectivity index (χ0) is 24.2. The first-order chi connectivity index (χ1) is 15.7. The van der Waals surface area contributed by atoms with Gasteiger partial charge in [0.2, 0.25) is 0 Å². The molecule has 33 heavy (non-hydrogen) atoms. The van der Waals surface area contributed by atoms with E-state index >= 15 is 0 Å². The second-order valence-corrected chi connectivity index (χ2v) is 8.93. The molecular formula is C24H24N2O6S. The summed E-state index contributed by atoms with van der Waals surface area (Å²) in [5.74, 6) is -0.670. The van der Waals surface area contributed by atoms with Gasteiger partial charge in [-0.25, -0.2) is 13.2 Å². The molecule has 2 N–H and O–H groups in total. The summed E-state index contributed by atoms with van der Waals surface area (Å²) < 4.78 is 38.2. The molecule has 0 aliphatic carbocycles. The van der Waals surface area contributed by atoms with Gasteiger partial charge in [-0.3, -0.25) is 9.52 Å². The average Bonchev–Trinajstić information content (AvgIpc) is 2.81. The molecule has 9 heteroatoms. The molecule has 0 saturated carbocycles. The molecule has 172 valence electrons. The predicted octanol–water partition coefficient (Wildman–Crippen LogP) is 4.15. The van der Waals surface area contributed by atoms with Crippen LogP contribution >= 0.6 is 0 Å². The Morgan fingerprint density at radius 1 is 0.909 bits per heavy atom. The molecule has 0 aromatic heterocycles. The minimum atomic E-state index is -3.98. The Labute approximate surface area is 192 Å². The number of ether oxygens (including phenoxy) is 2. The molecule has 8 nitrogen and oxygen atoms in total. The minimum absolute atomic E-state index is 0.0867. The number of para-hydroxylation sites is 2. The molecular weight excluding hydrogens is 444 g/mol. The summed E-state index contributed by atoms with van der Waals surface area (Å²) in [6, 6.07) is 15.5. The van der Waals surface area contributed by atoms with Crippen LogP contribution in [0.25, 0.3) is 0 Å². The third kappa shape index (κ3) is 5.32. The maximum atomic E-state index is 12.9. The van der Waals surface area contributed by atoms with Gasteiger partial charge in [0.05, 0.1) is 30.4 Å². The summed E-state index contributed by atoms with van der Waals surface area (Å²) in [4.78, 5) is 24.8. The van der Waals surface area contributed by atoms with Gasteiger partial charge in [-0.2, -0.15) is 0 Å². The zero-order valence-corrected chi connectivity index (χ0v) is 19.4. The lowest BCUT2D eigenvalue weighted by Gasteiger charge is -2.13. The van der Waals surface area contributed by atoms with Crippen molar-refractivity contribution in [1.29, 1.82) is 0 Å². The lowest BCUT2D eigenvalue weighted by atomic mass is 10.0. The molecule has 0 fully saturated rings. The Hall–Kier alpha value is -3.85. The molecule has 0 saturated heterocycles. The minimum Gasteiger partial charge on any atom is -0.495 e. The molecule has 0 aliphatic rings. The predicted molar refractivity (Wildman–Crippen MR) is 125 cm³/mol. The van der Waals surface area contributed by atoms with E-state index in [1.165, 1.54) is 44.6 Å². The number of amides is 1. The van der Waals surface area contributed by atoms with Gasteiger partial charge in [-0.05, 0) is 67.4 Å². The van der Waals surface area contributed by atoms with Crippen LogP contribution in [0.2, 0.25) is 0 Å². The number of carbonyl (C=O) groups is 2. The molecule has 3 aromatic carbocycles. The van der Waals surface area contributed by atoms with E-state index < -0.39 is 21.9 Å². The van der Waals surface area contributed by atoms with Gasteiger partial charge in [0.15, 0.2) is 0 Å². The number of aryl methyl sites for hydroxylation is 1. The van der Waals surface area contributed by atoms with Crippen molar-refractivity contribution < 1.29 is 27.5 Å². The SMILES string of the molecule is COC(=O)c1cc(NC(=O)c2cccc(S(=O)(=O)Nc3ccccc3OC)c2)cc(C)c1C. The van der Waals surface area contributed by atoms with Crippen molar-refractivity contribution in [3.63, 3.8) is 0 Å². The van der Waals surface area contributed by atoms with E-state index in [0.29, 0.717) is 17.0 Å². The number of hydrogen-bond acceptors (Lipinski definition) is 6. The van der Waals surface area contributed by atoms with Gasteiger partial charge in [-0.1, -0.05) is 18.2 Å². The molecule has 1 amide bonds. The fourth-order valence-corrected chi connectivity index (χ4v) is 4.31. The molecule has 3 aromatic rings. The van der Waals surface area contributed by atoms with Crippen LogP contribution in [0.15, 0.2) is 65.6 Å². The van der Waals surface area contributed by atoms with E-state index in [4.69, 9.17) is 9.47 Å². The van der Waals surface area contributed by atoms with Crippen LogP contribution in [0.4, 0.5) is 11.4 Å². The fourth-order valence-electron chi connectivity index (χ4n) is 3.19. The third-order valence-corrected chi connectivity index (χ3v) is 6.45. The Kier molecular flexibility index (Phi) is 7.03. The largest absolute Gasteiger partial charge is 0.495 e. The van der Waals surface area contributed by atoms with Gasteiger partial charge >= 0.3 is 5.97 Å². The van der Waals surface area contributed by atoms with E-state index in [-0.39, 0.29) is 16.1 Å². The van der Waals surface area contributed by atoms with E-state index in [9.17, 15) is 18.0 Å². The summed E-state index contributed by atoms with van der Waals surface area (Å²) >= 11 is 0.